The van der Waals surface area contributed by atoms with Gasteiger partial charge in [-0.05, 0) is 49.2 Å². The molecule has 1 aliphatic rings. The van der Waals surface area contributed by atoms with E-state index in [9.17, 15) is 9.59 Å². The van der Waals surface area contributed by atoms with Crippen molar-refractivity contribution in [1.82, 2.24) is 0 Å². The topological polar surface area (TPSA) is 49.4 Å². The lowest BCUT2D eigenvalue weighted by atomic mass is 10.1. The molecule has 1 heterocycles. The van der Waals surface area contributed by atoms with Gasteiger partial charge in [0.1, 0.15) is 0 Å². The van der Waals surface area contributed by atoms with Crippen molar-refractivity contribution in [3.63, 3.8) is 0 Å². The summed E-state index contributed by atoms with van der Waals surface area (Å²) in [4.78, 5) is 26.5. The summed E-state index contributed by atoms with van der Waals surface area (Å²) >= 11 is 5.99. The number of rotatable bonds is 3. The average Bonchev–Trinajstić information content (AvgIpc) is 2.93. The minimum Gasteiger partial charge on any atom is -0.325 e. The van der Waals surface area contributed by atoms with Gasteiger partial charge in [0, 0.05) is 29.4 Å². The van der Waals surface area contributed by atoms with Gasteiger partial charge in [0.2, 0.25) is 11.8 Å². The predicted octanol–water partition coefficient (Wildman–Crippen LogP) is 3.95. The standard InChI is InChI=1S/C19H19ClN2O2/c1-12-4-3-5-16(8-12)22-11-14(9-18(22)23)19(24)21-17-10-15(20)7-6-13(17)2/h3-8,10,14H,9,11H2,1-2H3,(H,21,24)/t14-/m1/s1. The molecule has 1 N–H and O–H groups in total. The molecule has 1 saturated heterocycles. The highest BCUT2D eigenvalue weighted by Crippen LogP contribution is 2.27. The zero-order chi connectivity index (χ0) is 17.3. The highest BCUT2D eigenvalue weighted by molar-refractivity contribution is 6.31. The second-order valence-electron chi connectivity index (χ2n) is 6.19. The SMILES string of the molecule is Cc1cccc(N2C[C@H](C(=O)Nc3cc(Cl)ccc3C)CC2=O)c1. The molecule has 124 valence electrons. The molecule has 4 nitrogen and oxygen atoms in total. The molecule has 2 aromatic rings. The molecule has 24 heavy (non-hydrogen) atoms. The van der Waals surface area contributed by atoms with E-state index >= 15 is 0 Å². The third-order valence-electron chi connectivity index (χ3n) is 4.27. The molecule has 3 rings (SSSR count). The lowest BCUT2D eigenvalue weighted by molar-refractivity contribution is -0.122. The first-order valence-corrected chi connectivity index (χ1v) is 8.26. The number of nitrogens with zero attached hydrogens (tertiary/aromatic N) is 1. The largest absolute Gasteiger partial charge is 0.325 e. The third-order valence-corrected chi connectivity index (χ3v) is 4.50. The molecule has 1 fully saturated rings. The lowest BCUT2D eigenvalue weighted by Crippen LogP contribution is -2.28. The average molecular weight is 343 g/mol. The minimum atomic E-state index is -0.364. The fraction of sp³-hybridized carbons (Fsp3) is 0.263. The van der Waals surface area contributed by atoms with Crippen LogP contribution in [0.5, 0.6) is 0 Å². The van der Waals surface area contributed by atoms with Crippen LogP contribution in [0.15, 0.2) is 42.5 Å². The molecule has 0 saturated carbocycles. The zero-order valence-electron chi connectivity index (χ0n) is 13.7. The van der Waals surface area contributed by atoms with Crippen molar-refractivity contribution in [2.75, 3.05) is 16.8 Å². The second-order valence-corrected chi connectivity index (χ2v) is 6.63. The van der Waals surface area contributed by atoms with E-state index in [-0.39, 0.29) is 24.2 Å². The third kappa shape index (κ3) is 3.44. The Balaban J connectivity index is 1.73. The van der Waals surface area contributed by atoms with Gasteiger partial charge < -0.3 is 10.2 Å². The van der Waals surface area contributed by atoms with Crippen molar-refractivity contribution in [2.45, 2.75) is 20.3 Å². The van der Waals surface area contributed by atoms with E-state index < -0.39 is 0 Å². The van der Waals surface area contributed by atoms with Crippen molar-refractivity contribution in [2.24, 2.45) is 5.92 Å². The van der Waals surface area contributed by atoms with E-state index in [1.54, 1.807) is 17.0 Å². The Morgan fingerprint density at radius 1 is 1.21 bits per heavy atom. The molecule has 2 aromatic carbocycles. The van der Waals surface area contributed by atoms with Gasteiger partial charge in [0.15, 0.2) is 0 Å². The van der Waals surface area contributed by atoms with Crippen LogP contribution in [0.1, 0.15) is 17.5 Å². The molecule has 5 heteroatoms. The maximum atomic E-state index is 12.5. The molecule has 0 spiro atoms. The number of aryl methyl sites for hydroxylation is 2. The van der Waals surface area contributed by atoms with Crippen LogP contribution < -0.4 is 10.2 Å². The van der Waals surface area contributed by atoms with E-state index in [1.165, 1.54) is 0 Å². The van der Waals surface area contributed by atoms with Crippen LogP contribution in [0.2, 0.25) is 5.02 Å². The van der Waals surface area contributed by atoms with Crippen LogP contribution in [-0.4, -0.2) is 18.4 Å². The van der Waals surface area contributed by atoms with Crippen LogP contribution in [0.3, 0.4) is 0 Å². The number of hydrogen-bond acceptors (Lipinski definition) is 2. The van der Waals surface area contributed by atoms with Gasteiger partial charge in [-0.1, -0.05) is 29.8 Å². The van der Waals surface area contributed by atoms with Gasteiger partial charge >= 0.3 is 0 Å². The smallest absolute Gasteiger partial charge is 0.229 e. The van der Waals surface area contributed by atoms with Crippen LogP contribution in [0, 0.1) is 19.8 Å². The van der Waals surface area contributed by atoms with Crippen molar-refractivity contribution < 1.29 is 9.59 Å². The van der Waals surface area contributed by atoms with Gasteiger partial charge in [-0.15, -0.1) is 0 Å². The molecule has 1 atom stereocenters. The maximum Gasteiger partial charge on any atom is 0.229 e. The number of hydrogen-bond donors (Lipinski definition) is 1. The Bertz CT molecular complexity index is 804. The molecule has 2 amide bonds. The van der Waals surface area contributed by atoms with Crippen molar-refractivity contribution >= 4 is 34.8 Å². The highest BCUT2D eigenvalue weighted by Gasteiger charge is 2.35. The Morgan fingerprint density at radius 2 is 2.00 bits per heavy atom. The molecule has 0 aliphatic carbocycles. The second kappa shape index (κ2) is 6.65. The van der Waals surface area contributed by atoms with Gasteiger partial charge in [-0.3, -0.25) is 9.59 Å². The van der Waals surface area contributed by atoms with Gasteiger partial charge in [0.05, 0.1) is 5.92 Å². The normalized spacial score (nSPS) is 17.2. The molecule has 0 unspecified atom stereocenters. The number of benzene rings is 2. The van der Waals surface area contributed by atoms with Gasteiger partial charge in [-0.2, -0.15) is 0 Å². The number of carbonyl (C=O) groups is 2. The fourth-order valence-electron chi connectivity index (χ4n) is 2.89. The van der Waals surface area contributed by atoms with Crippen LogP contribution in [0.25, 0.3) is 0 Å². The Kier molecular flexibility index (Phi) is 4.58. The fourth-order valence-corrected chi connectivity index (χ4v) is 3.06. The first-order chi connectivity index (χ1) is 11.4. The number of nitrogens with one attached hydrogen (secondary N) is 1. The first-order valence-electron chi connectivity index (χ1n) is 7.88. The van der Waals surface area contributed by atoms with E-state index in [0.29, 0.717) is 17.3 Å². The summed E-state index contributed by atoms with van der Waals surface area (Å²) in [6.07, 6.45) is 0.222. The van der Waals surface area contributed by atoms with Gasteiger partial charge in [-0.25, -0.2) is 0 Å². The molecule has 0 bridgehead atoms. The van der Waals surface area contributed by atoms with Crippen LogP contribution in [-0.2, 0) is 9.59 Å². The summed E-state index contributed by atoms with van der Waals surface area (Å²) in [5.74, 6) is -0.538. The predicted molar refractivity (Wildman–Crippen MR) is 96.5 cm³/mol. The van der Waals surface area contributed by atoms with Crippen molar-refractivity contribution in [1.29, 1.82) is 0 Å². The number of anilines is 2. The number of halogens is 1. The summed E-state index contributed by atoms with van der Waals surface area (Å²) in [7, 11) is 0. The maximum absolute atomic E-state index is 12.5. The van der Waals surface area contributed by atoms with E-state index in [2.05, 4.69) is 5.32 Å². The highest BCUT2D eigenvalue weighted by atomic mass is 35.5. The first kappa shape index (κ1) is 16.5. The zero-order valence-corrected chi connectivity index (χ0v) is 14.4. The Morgan fingerprint density at radius 3 is 2.75 bits per heavy atom. The van der Waals surface area contributed by atoms with Crippen molar-refractivity contribution in [3.8, 4) is 0 Å². The summed E-state index contributed by atoms with van der Waals surface area (Å²) in [5, 5.41) is 3.46. The quantitative estimate of drug-likeness (QED) is 0.918. The van der Waals surface area contributed by atoms with Crippen molar-refractivity contribution in [3.05, 3.63) is 58.6 Å². The molecular weight excluding hydrogens is 324 g/mol. The molecular formula is C19H19ClN2O2. The Hall–Kier alpha value is -2.33. The Labute approximate surface area is 146 Å². The number of carbonyl (C=O) groups excluding carboxylic acids is 2. The molecule has 1 aliphatic heterocycles. The van der Waals surface area contributed by atoms with E-state index in [4.69, 9.17) is 11.6 Å². The molecule has 0 aromatic heterocycles. The van der Waals surface area contributed by atoms with Crippen LogP contribution >= 0.6 is 11.6 Å². The lowest BCUT2D eigenvalue weighted by Gasteiger charge is -2.17. The summed E-state index contributed by atoms with van der Waals surface area (Å²) in [6, 6.07) is 13.1. The van der Waals surface area contributed by atoms with Gasteiger partial charge in [0.25, 0.3) is 0 Å². The summed E-state index contributed by atoms with van der Waals surface area (Å²) < 4.78 is 0. The van der Waals surface area contributed by atoms with E-state index in [0.717, 1.165) is 16.8 Å². The monoisotopic (exact) mass is 342 g/mol. The minimum absolute atomic E-state index is 0.0245. The summed E-state index contributed by atoms with van der Waals surface area (Å²) in [6.45, 7) is 4.29. The van der Waals surface area contributed by atoms with Crippen LogP contribution in [0.4, 0.5) is 11.4 Å². The number of amides is 2. The summed E-state index contributed by atoms with van der Waals surface area (Å²) in [5.41, 5.74) is 3.55. The van der Waals surface area contributed by atoms with E-state index in [1.807, 2.05) is 44.2 Å². The molecule has 0 radical (unpaired) electrons.